The van der Waals surface area contributed by atoms with Crippen LogP contribution in [0.1, 0.15) is 17.2 Å². The Morgan fingerprint density at radius 3 is 3.00 bits per heavy atom. The van der Waals surface area contributed by atoms with Crippen molar-refractivity contribution in [3.63, 3.8) is 0 Å². The molecule has 0 saturated carbocycles. The standard InChI is InChI=1S/C11H11NO/c1-2-7-5-8-6-9(12)3-4-10(8)11(7)13/h3-4,6,11,13H,1,5,12H2. The lowest BCUT2D eigenvalue weighted by molar-refractivity contribution is 0.221. The van der Waals surface area contributed by atoms with E-state index in [9.17, 15) is 5.11 Å². The number of aliphatic hydroxyl groups excluding tert-OH is 1. The smallest absolute Gasteiger partial charge is 0.108 e. The number of aliphatic hydroxyl groups is 1. The van der Waals surface area contributed by atoms with Crippen LogP contribution in [-0.4, -0.2) is 5.11 Å². The zero-order valence-corrected chi connectivity index (χ0v) is 7.25. The van der Waals surface area contributed by atoms with Gasteiger partial charge in [-0.2, -0.15) is 0 Å². The van der Waals surface area contributed by atoms with Crippen LogP contribution in [0.5, 0.6) is 0 Å². The minimum Gasteiger partial charge on any atom is -0.399 e. The van der Waals surface area contributed by atoms with Gasteiger partial charge in [0.05, 0.1) is 0 Å². The van der Waals surface area contributed by atoms with Gasteiger partial charge in [0.1, 0.15) is 6.10 Å². The Morgan fingerprint density at radius 1 is 1.54 bits per heavy atom. The quantitative estimate of drug-likeness (QED) is 0.462. The van der Waals surface area contributed by atoms with E-state index in [0.29, 0.717) is 6.42 Å². The first-order valence-electron chi connectivity index (χ1n) is 4.17. The fourth-order valence-corrected chi connectivity index (χ4v) is 1.69. The van der Waals surface area contributed by atoms with Gasteiger partial charge in [0.15, 0.2) is 0 Å². The molecular weight excluding hydrogens is 162 g/mol. The highest BCUT2D eigenvalue weighted by molar-refractivity contribution is 5.51. The van der Waals surface area contributed by atoms with E-state index < -0.39 is 6.10 Å². The van der Waals surface area contributed by atoms with Crippen LogP contribution < -0.4 is 5.73 Å². The van der Waals surface area contributed by atoms with Crippen molar-refractivity contribution in [1.29, 1.82) is 0 Å². The second kappa shape index (κ2) is 2.77. The maximum atomic E-state index is 9.75. The van der Waals surface area contributed by atoms with Gasteiger partial charge >= 0.3 is 0 Å². The third kappa shape index (κ3) is 1.17. The van der Waals surface area contributed by atoms with Crippen molar-refractivity contribution in [1.82, 2.24) is 0 Å². The molecule has 0 amide bonds. The number of rotatable bonds is 0. The average molecular weight is 173 g/mol. The molecule has 0 heterocycles. The van der Waals surface area contributed by atoms with Gasteiger partial charge in [-0.3, -0.25) is 0 Å². The van der Waals surface area contributed by atoms with E-state index in [4.69, 9.17) is 5.73 Å². The van der Waals surface area contributed by atoms with Gasteiger partial charge in [-0.1, -0.05) is 12.6 Å². The van der Waals surface area contributed by atoms with Crippen molar-refractivity contribution in [2.45, 2.75) is 12.5 Å². The van der Waals surface area contributed by atoms with Gasteiger partial charge < -0.3 is 10.8 Å². The van der Waals surface area contributed by atoms with Crippen molar-refractivity contribution < 1.29 is 5.11 Å². The molecule has 2 nitrogen and oxygen atoms in total. The molecule has 0 radical (unpaired) electrons. The Balaban J connectivity index is 2.56. The van der Waals surface area contributed by atoms with Gasteiger partial charge in [0.25, 0.3) is 0 Å². The van der Waals surface area contributed by atoms with E-state index in [0.717, 1.165) is 22.4 Å². The van der Waals surface area contributed by atoms with Crippen LogP contribution >= 0.6 is 0 Å². The van der Waals surface area contributed by atoms with Gasteiger partial charge in [-0.15, -0.1) is 5.73 Å². The van der Waals surface area contributed by atoms with Crippen molar-refractivity contribution in [3.8, 4) is 0 Å². The van der Waals surface area contributed by atoms with E-state index in [1.54, 1.807) is 6.07 Å². The van der Waals surface area contributed by atoms with Crippen molar-refractivity contribution in [2.24, 2.45) is 0 Å². The van der Waals surface area contributed by atoms with Crippen molar-refractivity contribution >= 4 is 5.69 Å². The van der Waals surface area contributed by atoms with Crippen LogP contribution in [0.15, 0.2) is 36.1 Å². The molecule has 0 spiro atoms. The third-order valence-electron chi connectivity index (χ3n) is 2.40. The molecule has 1 aliphatic carbocycles. The summed E-state index contributed by atoms with van der Waals surface area (Å²) in [5, 5.41) is 9.75. The molecule has 0 aliphatic heterocycles. The fourth-order valence-electron chi connectivity index (χ4n) is 1.69. The first-order valence-corrected chi connectivity index (χ1v) is 4.17. The Morgan fingerprint density at radius 2 is 2.31 bits per heavy atom. The largest absolute Gasteiger partial charge is 0.399 e. The molecule has 13 heavy (non-hydrogen) atoms. The fraction of sp³-hybridized carbons (Fsp3) is 0.182. The van der Waals surface area contributed by atoms with Crippen LogP contribution in [0.2, 0.25) is 0 Å². The van der Waals surface area contributed by atoms with Gasteiger partial charge in [0.2, 0.25) is 0 Å². The molecule has 1 aromatic rings. The Labute approximate surface area is 77.0 Å². The summed E-state index contributed by atoms with van der Waals surface area (Å²) >= 11 is 0. The Hall–Kier alpha value is -1.50. The van der Waals surface area contributed by atoms with Gasteiger partial charge in [0, 0.05) is 17.7 Å². The normalized spacial score (nSPS) is 19.8. The minimum absolute atomic E-state index is 0.534. The topological polar surface area (TPSA) is 46.2 Å². The maximum Gasteiger partial charge on any atom is 0.108 e. The van der Waals surface area contributed by atoms with Crippen LogP contribution in [0.3, 0.4) is 0 Å². The molecule has 0 fully saturated rings. The zero-order valence-electron chi connectivity index (χ0n) is 7.25. The van der Waals surface area contributed by atoms with Crippen molar-refractivity contribution in [2.75, 3.05) is 5.73 Å². The number of nitrogens with two attached hydrogens (primary N) is 1. The second-order valence-electron chi connectivity index (χ2n) is 3.24. The predicted octanol–water partition coefficient (Wildman–Crippen LogP) is 1.57. The van der Waals surface area contributed by atoms with Crippen LogP contribution in [0.25, 0.3) is 0 Å². The van der Waals surface area contributed by atoms with E-state index in [1.165, 1.54) is 0 Å². The summed E-state index contributed by atoms with van der Waals surface area (Å²) in [6, 6.07) is 5.55. The molecule has 1 atom stereocenters. The Kier molecular flexibility index (Phi) is 1.73. The molecular formula is C11H11NO. The minimum atomic E-state index is -0.534. The summed E-state index contributed by atoms with van der Waals surface area (Å²) in [6.45, 7) is 3.55. The highest BCUT2D eigenvalue weighted by Gasteiger charge is 2.24. The van der Waals surface area contributed by atoms with E-state index in [2.05, 4.69) is 12.3 Å². The number of hydrogen-bond donors (Lipinski definition) is 2. The number of fused-ring (bicyclic) bond motifs is 1. The van der Waals surface area contributed by atoms with Gasteiger partial charge in [-0.25, -0.2) is 0 Å². The summed E-state index contributed by atoms with van der Waals surface area (Å²) in [5.41, 5.74) is 12.0. The Bertz CT molecular complexity index is 403. The molecule has 0 aromatic heterocycles. The molecule has 0 saturated heterocycles. The summed E-state index contributed by atoms with van der Waals surface area (Å²) < 4.78 is 0. The first-order chi connectivity index (χ1) is 6.22. The van der Waals surface area contributed by atoms with Crippen LogP contribution in [0.4, 0.5) is 5.69 Å². The molecule has 0 bridgehead atoms. The molecule has 1 aromatic carbocycles. The highest BCUT2D eigenvalue weighted by atomic mass is 16.3. The van der Waals surface area contributed by atoms with Gasteiger partial charge in [-0.05, 0) is 23.3 Å². The monoisotopic (exact) mass is 173 g/mol. The summed E-state index contributed by atoms with van der Waals surface area (Å²) in [7, 11) is 0. The molecule has 1 unspecified atom stereocenters. The lowest BCUT2D eigenvalue weighted by Crippen LogP contribution is -1.93. The van der Waals surface area contributed by atoms with Crippen LogP contribution in [-0.2, 0) is 6.42 Å². The summed E-state index contributed by atoms with van der Waals surface area (Å²) in [4.78, 5) is 0. The molecule has 66 valence electrons. The summed E-state index contributed by atoms with van der Waals surface area (Å²) in [5.74, 6) is 0. The third-order valence-corrected chi connectivity index (χ3v) is 2.40. The second-order valence-corrected chi connectivity index (χ2v) is 3.24. The number of benzene rings is 1. The lowest BCUT2D eigenvalue weighted by Gasteiger charge is -2.03. The highest BCUT2D eigenvalue weighted by Crippen LogP contribution is 2.35. The summed E-state index contributed by atoms with van der Waals surface area (Å²) in [6.07, 6.45) is 0.179. The van der Waals surface area contributed by atoms with Crippen molar-refractivity contribution in [3.05, 3.63) is 47.2 Å². The predicted molar refractivity (Wildman–Crippen MR) is 52.2 cm³/mol. The van der Waals surface area contributed by atoms with Crippen LogP contribution in [0, 0.1) is 0 Å². The molecule has 1 aliphatic rings. The average Bonchev–Trinajstić information content (AvgIpc) is 2.42. The van der Waals surface area contributed by atoms with E-state index in [1.807, 2.05) is 12.1 Å². The number of anilines is 1. The lowest BCUT2D eigenvalue weighted by atomic mass is 10.1. The molecule has 2 rings (SSSR count). The SMILES string of the molecule is C=C=C1Cc2cc(N)ccc2C1O. The molecule has 3 N–H and O–H groups in total. The van der Waals surface area contributed by atoms with E-state index >= 15 is 0 Å². The number of hydrogen-bond acceptors (Lipinski definition) is 2. The zero-order chi connectivity index (χ0) is 9.42. The van der Waals surface area contributed by atoms with E-state index in [-0.39, 0.29) is 0 Å². The maximum absolute atomic E-state index is 9.75. The first kappa shape index (κ1) is 8.11. The molecule has 2 heteroatoms. The number of nitrogen functional groups attached to an aromatic ring is 1.